The molecule has 0 amide bonds. The second-order valence-electron chi connectivity index (χ2n) is 4.52. The first-order valence-electron chi connectivity index (χ1n) is 6.30. The molecule has 0 atom stereocenters. The van der Waals surface area contributed by atoms with Crippen LogP contribution in [0.2, 0.25) is 0 Å². The van der Waals surface area contributed by atoms with E-state index in [1.54, 1.807) is 12.1 Å². The number of hydrogen-bond acceptors (Lipinski definition) is 3. The topological polar surface area (TPSA) is 46.3 Å². The van der Waals surface area contributed by atoms with Crippen LogP contribution in [-0.2, 0) is 6.61 Å². The average molecular weight is 348 g/mol. The van der Waals surface area contributed by atoms with E-state index in [9.17, 15) is 9.50 Å². The van der Waals surface area contributed by atoms with Crippen molar-refractivity contribution in [3.05, 3.63) is 64.4 Å². The highest BCUT2D eigenvalue weighted by molar-refractivity contribution is 9.10. The molecule has 0 fully saturated rings. The Morgan fingerprint density at radius 1 is 1.10 bits per heavy atom. The maximum atomic E-state index is 13.3. The van der Waals surface area contributed by atoms with E-state index in [-0.39, 0.29) is 12.4 Å². The van der Waals surface area contributed by atoms with Gasteiger partial charge < -0.3 is 9.63 Å². The van der Waals surface area contributed by atoms with Crippen molar-refractivity contribution < 1.29 is 14.0 Å². The van der Waals surface area contributed by atoms with Crippen molar-refractivity contribution in [1.29, 1.82) is 0 Å². The molecular formula is C16H11BrFNO2. The van der Waals surface area contributed by atoms with Crippen LogP contribution < -0.4 is 0 Å². The van der Waals surface area contributed by atoms with Crippen LogP contribution >= 0.6 is 15.9 Å². The molecule has 0 bridgehead atoms. The second-order valence-corrected chi connectivity index (χ2v) is 5.43. The van der Waals surface area contributed by atoms with Crippen LogP contribution in [0, 0.1) is 5.82 Å². The summed E-state index contributed by atoms with van der Waals surface area (Å²) in [5, 5.41) is 13.6. The summed E-state index contributed by atoms with van der Waals surface area (Å²) in [4.78, 5) is 0. The van der Waals surface area contributed by atoms with Gasteiger partial charge in [0.1, 0.15) is 11.5 Å². The van der Waals surface area contributed by atoms with Gasteiger partial charge in [0.2, 0.25) is 0 Å². The van der Waals surface area contributed by atoms with Gasteiger partial charge in [-0.25, -0.2) is 4.39 Å². The van der Waals surface area contributed by atoms with Crippen molar-refractivity contribution in [1.82, 2.24) is 5.16 Å². The molecule has 0 unspecified atom stereocenters. The summed E-state index contributed by atoms with van der Waals surface area (Å²) in [6.07, 6.45) is 0. The lowest BCUT2D eigenvalue weighted by atomic mass is 10.0. The van der Waals surface area contributed by atoms with Crippen molar-refractivity contribution in [3.63, 3.8) is 0 Å². The van der Waals surface area contributed by atoms with Crippen LogP contribution in [0.3, 0.4) is 0 Å². The standard InChI is InChI=1S/C16H11BrFNO2/c17-12-5-1-4-11(7-12)16-14(9-20)15(19-21-16)10-3-2-6-13(18)8-10/h1-8,20H,9H2. The third kappa shape index (κ3) is 2.75. The van der Waals surface area contributed by atoms with Gasteiger partial charge in [-0.2, -0.15) is 0 Å². The number of nitrogens with zero attached hydrogens (tertiary/aromatic N) is 1. The monoisotopic (exact) mass is 347 g/mol. The van der Waals surface area contributed by atoms with E-state index in [2.05, 4.69) is 21.1 Å². The fraction of sp³-hybridized carbons (Fsp3) is 0.0625. The van der Waals surface area contributed by atoms with Gasteiger partial charge in [-0.15, -0.1) is 0 Å². The minimum atomic E-state index is -0.358. The Balaban J connectivity index is 2.13. The molecule has 0 aliphatic rings. The van der Waals surface area contributed by atoms with E-state index in [1.807, 2.05) is 24.3 Å². The van der Waals surface area contributed by atoms with Crippen molar-refractivity contribution in [3.8, 4) is 22.6 Å². The molecular weight excluding hydrogens is 337 g/mol. The number of halogens is 2. The second kappa shape index (κ2) is 5.79. The molecule has 0 saturated heterocycles. The lowest BCUT2D eigenvalue weighted by molar-refractivity contribution is 0.281. The minimum absolute atomic E-state index is 0.239. The smallest absolute Gasteiger partial charge is 0.173 e. The molecule has 106 valence electrons. The third-order valence-corrected chi connectivity index (χ3v) is 3.62. The van der Waals surface area contributed by atoms with Gasteiger partial charge in [0.05, 0.1) is 12.2 Å². The maximum Gasteiger partial charge on any atom is 0.173 e. The summed E-state index contributed by atoms with van der Waals surface area (Å²) < 4.78 is 19.6. The number of aliphatic hydroxyl groups excluding tert-OH is 1. The van der Waals surface area contributed by atoms with Crippen molar-refractivity contribution in [2.75, 3.05) is 0 Å². The average Bonchev–Trinajstić information content (AvgIpc) is 2.91. The number of aromatic nitrogens is 1. The Bertz CT molecular complexity index is 722. The number of rotatable bonds is 3. The molecule has 0 saturated carbocycles. The first-order chi connectivity index (χ1) is 10.2. The minimum Gasteiger partial charge on any atom is -0.391 e. The fourth-order valence-corrected chi connectivity index (χ4v) is 2.57. The summed E-state index contributed by atoms with van der Waals surface area (Å²) in [6.45, 7) is -0.239. The summed E-state index contributed by atoms with van der Waals surface area (Å²) in [7, 11) is 0. The maximum absolute atomic E-state index is 13.3. The van der Waals surface area contributed by atoms with Gasteiger partial charge in [-0.05, 0) is 24.3 Å². The van der Waals surface area contributed by atoms with Crippen molar-refractivity contribution >= 4 is 15.9 Å². The van der Waals surface area contributed by atoms with Gasteiger partial charge in [-0.1, -0.05) is 45.4 Å². The quantitative estimate of drug-likeness (QED) is 0.763. The Hall–Kier alpha value is -1.98. The molecule has 21 heavy (non-hydrogen) atoms. The summed E-state index contributed by atoms with van der Waals surface area (Å²) in [6, 6.07) is 13.5. The molecule has 0 spiro atoms. The molecule has 0 radical (unpaired) electrons. The largest absolute Gasteiger partial charge is 0.391 e. The highest BCUT2D eigenvalue weighted by Gasteiger charge is 2.18. The van der Waals surface area contributed by atoms with E-state index in [0.29, 0.717) is 22.6 Å². The molecule has 2 aromatic carbocycles. The normalized spacial score (nSPS) is 10.8. The summed E-state index contributed by atoms with van der Waals surface area (Å²) >= 11 is 3.39. The SMILES string of the molecule is OCc1c(-c2cccc(F)c2)noc1-c1cccc(Br)c1. The van der Waals surface area contributed by atoms with Crippen molar-refractivity contribution in [2.45, 2.75) is 6.61 Å². The fourth-order valence-electron chi connectivity index (χ4n) is 2.18. The molecule has 3 rings (SSSR count). The number of benzene rings is 2. The van der Waals surface area contributed by atoms with Gasteiger partial charge in [0, 0.05) is 15.6 Å². The summed E-state index contributed by atoms with van der Waals surface area (Å²) in [5.41, 5.74) is 2.36. The van der Waals surface area contributed by atoms with E-state index in [1.165, 1.54) is 12.1 Å². The lowest BCUT2D eigenvalue weighted by Crippen LogP contribution is -1.89. The van der Waals surface area contributed by atoms with E-state index < -0.39 is 0 Å². The Kier molecular flexibility index (Phi) is 3.86. The van der Waals surface area contributed by atoms with Crippen LogP contribution in [0.25, 0.3) is 22.6 Å². The zero-order valence-corrected chi connectivity index (χ0v) is 12.5. The van der Waals surface area contributed by atoms with E-state index >= 15 is 0 Å². The molecule has 1 N–H and O–H groups in total. The number of aliphatic hydroxyl groups is 1. The van der Waals surface area contributed by atoms with E-state index in [4.69, 9.17) is 4.52 Å². The van der Waals surface area contributed by atoms with Gasteiger partial charge >= 0.3 is 0 Å². The van der Waals surface area contributed by atoms with Crippen LogP contribution in [0.1, 0.15) is 5.56 Å². The molecule has 3 aromatic rings. The Morgan fingerprint density at radius 3 is 2.57 bits per heavy atom. The zero-order chi connectivity index (χ0) is 14.8. The predicted molar refractivity (Wildman–Crippen MR) is 81.0 cm³/mol. The van der Waals surface area contributed by atoms with Gasteiger partial charge in [0.25, 0.3) is 0 Å². The molecule has 5 heteroatoms. The number of hydrogen-bond donors (Lipinski definition) is 1. The molecule has 1 heterocycles. The van der Waals surface area contributed by atoms with Gasteiger partial charge in [0.15, 0.2) is 5.76 Å². The molecule has 0 aliphatic carbocycles. The highest BCUT2D eigenvalue weighted by atomic mass is 79.9. The van der Waals surface area contributed by atoms with Crippen LogP contribution in [0.5, 0.6) is 0 Å². The summed E-state index contributed by atoms with van der Waals surface area (Å²) in [5.74, 6) is 0.126. The first kappa shape index (κ1) is 14.0. The highest BCUT2D eigenvalue weighted by Crippen LogP contribution is 2.33. The lowest BCUT2D eigenvalue weighted by Gasteiger charge is -2.02. The Labute approximate surface area is 129 Å². The molecule has 0 aliphatic heterocycles. The first-order valence-corrected chi connectivity index (χ1v) is 7.09. The van der Waals surface area contributed by atoms with Crippen molar-refractivity contribution in [2.24, 2.45) is 0 Å². The van der Waals surface area contributed by atoms with Crippen LogP contribution in [0.4, 0.5) is 4.39 Å². The van der Waals surface area contributed by atoms with E-state index in [0.717, 1.165) is 10.0 Å². The van der Waals surface area contributed by atoms with Crippen LogP contribution in [0.15, 0.2) is 57.5 Å². The third-order valence-electron chi connectivity index (χ3n) is 3.13. The van der Waals surface area contributed by atoms with Gasteiger partial charge in [-0.3, -0.25) is 0 Å². The Morgan fingerprint density at radius 2 is 1.86 bits per heavy atom. The predicted octanol–water partition coefficient (Wildman–Crippen LogP) is 4.40. The molecule has 1 aromatic heterocycles. The van der Waals surface area contributed by atoms with Crippen LogP contribution in [-0.4, -0.2) is 10.3 Å². The molecule has 3 nitrogen and oxygen atoms in total. The zero-order valence-electron chi connectivity index (χ0n) is 10.9.